The van der Waals surface area contributed by atoms with Gasteiger partial charge in [0, 0.05) is 26.1 Å². The van der Waals surface area contributed by atoms with E-state index in [4.69, 9.17) is 0 Å². The van der Waals surface area contributed by atoms with Gasteiger partial charge in [0.15, 0.2) is 0 Å². The van der Waals surface area contributed by atoms with Crippen LogP contribution in [0, 0.1) is 5.92 Å². The zero-order valence-electron chi connectivity index (χ0n) is 12.2. The maximum Gasteiger partial charge on any atom is 0.324 e. The van der Waals surface area contributed by atoms with Gasteiger partial charge in [-0.15, -0.1) is 0 Å². The van der Waals surface area contributed by atoms with Crippen molar-refractivity contribution >= 4 is 17.8 Å². The zero-order valence-corrected chi connectivity index (χ0v) is 12.2. The summed E-state index contributed by atoms with van der Waals surface area (Å²) >= 11 is 0. The van der Waals surface area contributed by atoms with Gasteiger partial charge in [0.2, 0.25) is 5.91 Å². The number of amides is 4. The summed E-state index contributed by atoms with van der Waals surface area (Å²) in [5.74, 6) is 0.202. The topological polar surface area (TPSA) is 69.7 Å². The fourth-order valence-corrected chi connectivity index (χ4v) is 2.73. The van der Waals surface area contributed by atoms with Crippen LogP contribution < -0.4 is 5.32 Å². The van der Waals surface area contributed by atoms with Crippen LogP contribution in [-0.2, 0) is 9.59 Å². The first-order chi connectivity index (χ1) is 9.54. The highest BCUT2D eigenvalue weighted by atomic mass is 16.2. The Hall–Kier alpha value is -1.59. The Morgan fingerprint density at radius 2 is 2.05 bits per heavy atom. The van der Waals surface area contributed by atoms with Gasteiger partial charge in [0.1, 0.15) is 6.04 Å². The highest BCUT2D eigenvalue weighted by molar-refractivity contribution is 6.04. The standard InChI is InChI=1S/C14H23N3O3/c1-3-10(2)12-13(19)17(14(20)15-12)9-5-8-16-7-4-6-11(16)18/h10,12H,3-9H2,1-2H3,(H,15,20)/t10?,12-/m0/s1. The molecule has 1 unspecified atom stereocenters. The molecule has 0 aliphatic carbocycles. The number of carbonyl (C=O) groups is 3. The molecule has 6 nitrogen and oxygen atoms in total. The lowest BCUT2D eigenvalue weighted by Crippen LogP contribution is -2.36. The van der Waals surface area contributed by atoms with Crippen molar-refractivity contribution in [2.75, 3.05) is 19.6 Å². The molecule has 1 N–H and O–H groups in total. The normalized spacial score (nSPS) is 24.5. The number of hydrogen-bond donors (Lipinski definition) is 1. The van der Waals surface area contributed by atoms with E-state index < -0.39 is 0 Å². The molecule has 0 saturated carbocycles. The number of nitrogens with one attached hydrogen (secondary N) is 1. The third-order valence-electron chi connectivity index (χ3n) is 4.25. The molecular formula is C14H23N3O3. The smallest absolute Gasteiger partial charge is 0.324 e. The second kappa shape index (κ2) is 6.24. The summed E-state index contributed by atoms with van der Waals surface area (Å²) in [6, 6.07) is -0.686. The number of likely N-dealkylation sites (tertiary alicyclic amines) is 1. The zero-order chi connectivity index (χ0) is 14.7. The third-order valence-corrected chi connectivity index (χ3v) is 4.25. The van der Waals surface area contributed by atoms with Crippen LogP contribution in [0.3, 0.4) is 0 Å². The first kappa shape index (κ1) is 14.8. The Morgan fingerprint density at radius 1 is 1.30 bits per heavy atom. The quantitative estimate of drug-likeness (QED) is 0.737. The van der Waals surface area contributed by atoms with E-state index >= 15 is 0 Å². The predicted molar refractivity (Wildman–Crippen MR) is 73.9 cm³/mol. The van der Waals surface area contributed by atoms with Gasteiger partial charge < -0.3 is 10.2 Å². The van der Waals surface area contributed by atoms with E-state index in [9.17, 15) is 14.4 Å². The second-order valence-electron chi connectivity index (χ2n) is 5.64. The first-order valence-corrected chi connectivity index (χ1v) is 7.44. The van der Waals surface area contributed by atoms with Crippen LogP contribution in [0.15, 0.2) is 0 Å². The van der Waals surface area contributed by atoms with Gasteiger partial charge in [-0.3, -0.25) is 14.5 Å². The first-order valence-electron chi connectivity index (χ1n) is 7.44. The monoisotopic (exact) mass is 281 g/mol. The van der Waals surface area contributed by atoms with Gasteiger partial charge in [-0.2, -0.15) is 0 Å². The molecule has 2 aliphatic rings. The van der Waals surface area contributed by atoms with Crippen molar-refractivity contribution < 1.29 is 14.4 Å². The van der Waals surface area contributed by atoms with Gasteiger partial charge in [0.25, 0.3) is 5.91 Å². The Labute approximate surface area is 119 Å². The summed E-state index contributed by atoms with van der Waals surface area (Å²) in [6.45, 7) is 5.79. The summed E-state index contributed by atoms with van der Waals surface area (Å²) in [4.78, 5) is 38.6. The number of urea groups is 1. The molecule has 2 fully saturated rings. The van der Waals surface area contributed by atoms with Gasteiger partial charge in [0.05, 0.1) is 0 Å². The molecule has 0 radical (unpaired) electrons. The fourth-order valence-electron chi connectivity index (χ4n) is 2.73. The maximum atomic E-state index is 12.2. The number of rotatable bonds is 6. The fraction of sp³-hybridized carbons (Fsp3) is 0.786. The van der Waals surface area contributed by atoms with Crippen molar-refractivity contribution in [2.45, 2.75) is 45.6 Å². The van der Waals surface area contributed by atoms with E-state index in [0.29, 0.717) is 25.9 Å². The average Bonchev–Trinajstić information content (AvgIpc) is 2.95. The van der Waals surface area contributed by atoms with Crippen LogP contribution in [0.25, 0.3) is 0 Å². The van der Waals surface area contributed by atoms with Crippen molar-refractivity contribution in [3.05, 3.63) is 0 Å². The lowest BCUT2D eigenvalue weighted by atomic mass is 9.99. The van der Waals surface area contributed by atoms with E-state index in [2.05, 4.69) is 5.32 Å². The SMILES string of the molecule is CCC(C)[C@@H]1NC(=O)N(CCCN2CCCC2=O)C1=O. The highest BCUT2D eigenvalue weighted by Gasteiger charge is 2.39. The summed E-state index contributed by atoms with van der Waals surface area (Å²) in [7, 11) is 0. The molecule has 6 heteroatoms. The summed E-state index contributed by atoms with van der Waals surface area (Å²) in [6.07, 6.45) is 3.04. The summed E-state index contributed by atoms with van der Waals surface area (Å²) in [5.41, 5.74) is 0. The van der Waals surface area contributed by atoms with Crippen LogP contribution in [0.2, 0.25) is 0 Å². The highest BCUT2D eigenvalue weighted by Crippen LogP contribution is 2.17. The van der Waals surface area contributed by atoms with Crippen molar-refractivity contribution in [1.82, 2.24) is 15.1 Å². The molecule has 0 bridgehead atoms. The summed E-state index contributed by atoms with van der Waals surface area (Å²) < 4.78 is 0. The molecular weight excluding hydrogens is 258 g/mol. The van der Waals surface area contributed by atoms with Crippen molar-refractivity contribution in [2.24, 2.45) is 5.92 Å². The Bertz CT molecular complexity index is 410. The number of imide groups is 1. The lowest BCUT2D eigenvalue weighted by molar-refractivity contribution is -0.128. The molecule has 2 atom stereocenters. The number of carbonyl (C=O) groups excluding carboxylic acids is 3. The molecule has 0 aromatic rings. The van der Waals surface area contributed by atoms with Crippen molar-refractivity contribution in [3.63, 3.8) is 0 Å². The van der Waals surface area contributed by atoms with E-state index in [-0.39, 0.29) is 29.8 Å². The van der Waals surface area contributed by atoms with Crippen molar-refractivity contribution in [3.8, 4) is 0 Å². The molecule has 2 aliphatic heterocycles. The average molecular weight is 281 g/mol. The minimum absolute atomic E-state index is 0.128. The number of hydrogen-bond acceptors (Lipinski definition) is 3. The van der Waals surface area contributed by atoms with Gasteiger partial charge >= 0.3 is 6.03 Å². The van der Waals surface area contributed by atoms with Crippen LogP contribution in [0.1, 0.15) is 39.5 Å². The van der Waals surface area contributed by atoms with E-state index in [1.165, 1.54) is 4.90 Å². The Balaban J connectivity index is 1.82. The summed E-state index contributed by atoms with van der Waals surface area (Å²) in [5, 5.41) is 2.75. The molecule has 0 aromatic carbocycles. The van der Waals surface area contributed by atoms with E-state index in [1.54, 1.807) is 0 Å². The van der Waals surface area contributed by atoms with Gasteiger partial charge in [-0.25, -0.2) is 4.79 Å². The van der Waals surface area contributed by atoms with E-state index in [0.717, 1.165) is 19.4 Å². The van der Waals surface area contributed by atoms with Gasteiger partial charge in [-0.05, 0) is 18.8 Å². The molecule has 112 valence electrons. The molecule has 0 aromatic heterocycles. The second-order valence-corrected chi connectivity index (χ2v) is 5.64. The Morgan fingerprint density at radius 3 is 2.65 bits per heavy atom. The van der Waals surface area contributed by atoms with Crippen LogP contribution in [0.4, 0.5) is 4.79 Å². The lowest BCUT2D eigenvalue weighted by Gasteiger charge is -2.18. The predicted octanol–water partition coefficient (Wildman–Crippen LogP) is 0.965. The minimum Gasteiger partial charge on any atom is -0.343 e. The van der Waals surface area contributed by atoms with Crippen LogP contribution in [0.5, 0.6) is 0 Å². The molecule has 4 amide bonds. The molecule has 2 heterocycles. The van der Waals surface area contributed by atoms with Gasteiger partial charge in [-0.1, -0.05) is 20.3 Å². The number of nitrogens with zero attached hydrogens (tertiary/aromatic N) is 2. The maximum absolute atomic E-state index is 12.2. The molecule has 0 spiro atoms. The minimum atomic E-state index is -0.388. The third kappa shape index (κ3) is 2.94. The van der Waals surface area contributed by atoms with E-state index in [1.807, 2.05) is 18.7 Å². The van der Waals surface area contributed by atoms with Crippen LogP contribution in [-0.4, -0.2) is 53.3 Å². The molecule has 2 saturated heterocycles. The van der Waals surface area contributed by atoms with Crippen LogP contribution >= 0.6 is 0 Å². The largest absolute Gasteiger partial charge is 0.343 e. The molecule has 2 rings (SSSR count). The molecule has 20 heavy (non-hydrogen) atoms. The van der Waals surface area contributed by atoms with Crippen molar-refractivity contribution in [1.29, 1.82) is 0 Å². The Kier molecular flexibility index (Phi) is 4.62.